The van der Waals surface area contributed by atoms with Crippen molar-refractivity contribution in [3.63, 3.8) is 0 Å². The molecule has 0 aromatic heterocycles. The summed E-state index contributed by atoms with van der Waals surface area (Å²) in [5, 5.41) is 2.23. The van der Waals surface area contributed by atoms with Crippen LogP contribution in [0, 0.1) is 0 Å². The predicted octanol–water partition coefficient (Wildman–Crippen LogP) is 2.14. The van der Waals surface area contributed by atoms with Crippen LogP contribution in [-0.4, -0.2) is 41.6 Å². The van der Waals surface area contributed by atoms with Crippen LogP contribution < -0.4 is 15.3 Å². The molecule has 4 rings (SSSR count). The van der Waals surface area contributed by atoms with Gasteiger partial charge in [-0.25, -0.2) is 5.84 Å². The maximum atomic E-state index is 13.0. The van der Waals surface area contributed by atoms with Crippen LogP contribution in [0.2, 0.25) is 0 Å². The molecular weight excluding hydrogens is 374 g/mol. The highest BCUT2D eigenvalue weighted by Crippen LogP contribution is 2.35. The second kappa shape index (κ2) is 7.25. The van der Waals surface area contributed by atoms with Crippen molar-refractivity contribution in [1.82, 2.24) is 10.1 Å². The van der Waals surface area contributed by atoms with E-state index < -0.39 is 24.3 Å². The third-order valence-corrected chi connectivity index (χ3v) is 4.64. The number of para-hydroxylation sites is 1. The largest absolute Gasteiger partial charge is 0.496 e. The van der Waals surface area contributed by atoms with Crippen LogP contribution >= 0.6 is 0 Å². The fourth-order valence-electron chi connectivity index (χ4n) is 3.27. The maximum absolute atomic E-state index is 13.0. The Hall–Kier alpha value is -3.91. The van der Waals surface area contributed by atoms with E-state index in [1.54, 1.807) is 54.6 Å². The van der Waals surface area contributed by atoms with Gasteiger partial charge in [0.25, 0.3) is 17.7 Å². The molecule has 29 heavy (non-hydrogen) atoms. The summed E-state index contributed by atoms with van der Waals surface area (Å²) in [7, 11) is 1.51. The number of hydrazine groups is 2. The monoisotopic (exact) mass is 391 g/mol. The molecule has 0 aliphatic carbocycles. The first-order valence-corrected chi connectivity index (χ1v) is 8.77. The number of nitrogens with two attached hydrogens (primary N) is 1. The predicted molar refractivity (Wildman–Crippen MR) is 104 cm³/mol. The van der Waals surface area contributed by atoms with Crippen molar-refractivity contribution in [2.45, 2.75) is 0 Å². The lowest BCUT2D eigenvalue weighted by molar-refractivity contribution is -0.144. The van der Waals surface area contributed by atoms with Gasteiger partial charge < -0.3 is 9.47 Å². The van der Waals surface area contributed by atoms with Gasteiger partial charge in [-0.05, 0) is 30.3 Å². The highest BCUT2D eigenvalue weighted by atomic mass is 16.5. The molecule has 0 saturated heterocycles. The smallest absolute Gasteiger partial charge is 0.294 e. The Labute approximate surface area is 166 Å². The van der Waals surface area contributed by atoms with E-state index in [0.29, 0.717) is 32.4 Å². The summed E-state index contributed by atoms with van der Waals surface area (Å²) in [4.78, 5) is 38.4. The Balaban J connectivity index is 1.64. The fourth-order valence-corrected chi connectivity index (χ4v) is 3.27. The molecule has 0 unspecified atom stereocenters. The zero-order chi connectivity index (χ0) is 20.5. The van der Waals surface area contributed by atoms with Crippen LogP contribution in [0.4, 0.5) is 0 Å². The second-order valence-corrected chi connectivity index (χ2v) is 6.31. The van der Waals surface area contributed by atoms with E-state index >= 15 is 0 Å². The molecule has 0 fully saturated rings. The standard InChI is InChI=1S/C21H17N3O5/c1-28-17-11-10-16-19-14(17)8-5-9-15(19)20(26)23(21(16)27)24(22)18(25)12-29-13-6-3-2-4-7-13/h2-11H,12,22H2,1H3. The molecule has 1 aliphatic heterocycles. The van der Waals surface area contributed by atoms with Crippen molar-refractivity contribution in [2.24, 2.45) is 5.84 Å². The Morgan fingerprint density at radius 2 is 1.66 bits per heavy atom. The summed E-state index contributed by atoms with van der Waals surface area (Å²) in [6.45, 7) is -0.433. The first-order chi connectivity index (χ1) is 14.0. The van der Waals surface area contributed by atoms with Crippen LogP contribution in [0.5, 0.6) is 11.5 Å². The number of amides is 3. The lowest BCUT2D eigenvalue weighted by atomic mass is 9.94. The molecule has 0 bridgehead atoms. The van der Waals surface area contributed by atoms with Gasteiger partial charge in [-0.15, -0.1) is 0 Å². The number of hydrogen-bond acceptors (Lipinski definition) is 6. The maximum Gasteiger partial charge on any atom is 0.294 e. The van der Waals surface area contributed by atoms with Crippen LogP contribution in [0.25, 0.3) is 10.8 Å². The van der Waals surface area contributed by atoms with E-state index in [2.05, 4.69) is 0 Å². The molecule has 3 aromatic rings. The molecule has 0 radical (unpaired) electrons. The molecule has 3 aromatic carbocycles. The van der Waals surface area contributed by atoms with Crippen LogP contribution in [0.3, 0.4) is 0 Å². The number of imide groups is 1. The van der Waals surface area contributed by atoms with Crippen molar-refractivity contribution in [2.75, 3.05) is 13.7 Å². The highest BCUT2D eigenvalue weighted by molar-refractivity contribution is 6.26. The summed E-state index contributed by atoms with van der Waals surface area (Å²) in [6, 6.07) is 16.9. The molecule has 1 aliphatic rings. The number of hydrogen-bond donors (Lipinski definition) is 1. The zero-order valence-electron chi connectivity index (χ0n) is 15.5. The van der Waals surface area contributed by atoms with Gasteiger partial charge in [-0.3, -0.25) is 14.4 Å². The zero-order valence-corrected chi connectivity index (χ0v) is 15.5. The summed E-state index contributed by atoms with van der Waals surface area (Å²) < 4.78 is 10.7. The summed E-state index contributed by atoms with van der Waals surface area (Å²) in [6.07, 6.45) is 0. The number of rotatable bonds is 5. The van der Waals surface area contributed by atoms with E-state index in [1.807, 2.05) is 6.07 Å². The average molecular weight is 391 g/mol. The minimum atomic E-state index is -0.750. The first kappa shape index (κ1) is 18.5. The normalized spacial score (nSPS) is 12.8. The third-order valence-electron chi connectivity index (χ3n) is 4.64. The molecule has 0 atom stereocenters. The molecule has 0 spiro atoms. The summed E-state index contributed by atoms with van der Waals surface area (Å²) >= 11 is 0. The van der Waals surface area contributed by atoms with Gasteiger partial charge in [-0.1, -0.05) is 30.3 Å². The number of nitrogens with zero attached hydrogens (tertiary/aromatic N) is 2. The van der Waals surface area contributed by atoms with E-state index in [1.165, 1.54) is 7.11 Å². The average Bonchev–Trinajstić information content (AvgIpc) is 2.76. The quantitative estimate of drug-likeness (QED) is 0.309. The minimum Gasteiger partial charge on any atom is -0.496 e. The SMILES string of the molecule is COc1ccc2c3c(cccc13)C(=O)N(N(N)C(=O)COc1ccccc1)C2=O. The van der Waals surface area contributed by atoms with Gasteiger partial charge in [0.05, 0.1) is 18.2 Å². The Morgan fingerprint density at radius 3 is 2.34 bits per heavy atom. The Kier molecular flexibility index (Phi) is 4.61. The van der Waals surface area contributed by atoms with Crippen molar-refractivity contribution < 1.29 is 23.9 Å². The molecular formula is C21H17N3O5. The number of benzene rings is 3. The molecule has 2 N–H and O–H groups in total. The van der Waals surface area contributed by atoms with Gasteiger partial charge in [0.15, 0.2) is 6.61 Å². The van der Waals surface area contributed by atoms with Gasteiger partial charge in [0.2, 0.25) is 0 Å². The Bertz CT molecular complexity index is 1110. The lowest BCUT2D eigenvalue weighted by Crippen LogP contribution is -2.58. The van der Waals surface area contributed by atoms with Crippen molar-refractivity contribution >= 4 is 28.5 Å². The van der Waals surface area contributed by atoms with E-state index in [-0.39, 0.29) is 11.1 Å². The first-order valence-electron chi connectivity index (χ1n) is 8.77. The minimum absolute atomic E-state index is 0.253. The van der Waals surface area contributed by atoms with Gasteiger partial charge in [-0.2, -0.15) is 10.1 Å². The van der Waals surface area contributed by atoms with E-state index in [9.17, 15) is 14.4 Å². The molecule has 0 saturated carbocycles. The lowest BCUT2D eigenvalue weighted by Gasteiger charge is -2.32. The van der Waals surface area contributed by atoms with E-state index in [4.69, 9.17) is 15.3 Å². The van der Waals surface area contributed by atoms with Gasteiger partial charge in [0.1, 0.15) is 11.5 Å². The topological polar surface area (TPSA) is 102 Å². The number of methoxy groups -OCH3 is 1. The fraction of sp³-hybridized carbons (Fsp3) is 0.0952. The van der Waals surface area contributed by atoms with Crippen molar-refractivity contribution in [3.05, 3.63) is 71.8 Å². The number of carbonyl (C=O) groups is 3. The van der Waals surface area contributed by atoms with Gasteiger partial charge in [0, 0.05) is 10.8 Å². The highest BCUT2D eigenvalue weighted by Gasteiger charge is 2.38. The van der Waals surface area contributed by atoms with E-state index in [0.717, 1.165) is 0 Å². The van der Waals surface area contributed by atoms with Gasteiger partial charge >= 0.3 is 0 Å². The molecule has 1 heterocycles. The summed E-state index contributed by atoms with van der Waals surface area (Å²) in [5.41, 5.74) is 0.506. The molecule has 146 valence electrons. The van der Waals surface area contributed by atoms with Crippen molar-refractivity contribution in [3.8, 4) is 11.5 Å². The third kappa shape index (κ3) is 3.05. The molecule has 8 heteroatoms. The number of ether oxygens (including phenoxy) is 2. The summed E-state index contributed by atoms with van der Waals surface area (Å²) in [5.74, 6) is 4.70. The van der Waals surface area contributed by atoms with Crippen LogP contribution in [0.1, 0.15) is 20.7 Å². The Morgan fingerprint density at radius 1 is 0.966 bits per heavy atom. The van der Waals surface area contributed by atoms with Crippen molar-refractivity contribution in [1.29, 1.82) is 0 Å². The molecule has 8 nitrogen and oxygen atoms in total. The second-order valence-electron chi connectivity index (χ2n) is 6.31. The van der Waals surface area contributed by atoms with Crippen LogP contribution in [0.15, 0.2) is 60.7 Å². The molecule has 3 amide bonds. The number of carbonyl (C=O) groups excluding carboxylic acids is 3. The van der Waals surface area contributed by atoms with Crippen LogP contribution in [-0.2, 0) is 4.79 Å².